The highest BCUT2D eigenvalue weighted by Gasteiger charge is 2.27. The maximum absolute atomic E-state index is 13.6. The van der Waals surface area contributed by atoms with Gasteiger partial charge in [0.25, 0.3) is 44.5 Å². The molecule has 0 aliphatic heterocycles. The van der Waals surface area contributed by atoms with Gasteiger partial charge in [0, 0.05) is 12.1 Å². The Labute approximate surface area is 280 Å². The lowest BCUT2D eigenvalue weighted by atomic mass is 9.95. The smallest absolute Gasteiger partial charge is 0.266 e. The molecule has 0 unspecified atom stereocenters. The van der Waals surface area contributed by atoms with Gasteiger partial charge in [-0.15, -0.1) is 0 Å². The van der Waals surface area contributed by atoms with Gasteiger partial charge in [0.1, 0.15) is 0 Å². The van der Waals surface area contributed by atoms with Gasteiger partial charge in [0.05, 0.1) is 54.5 Å². The average Bonchev–Trinajstić information content (AvgIpc) is 3.73. The van der Waals surface area contributed by atoms with Gasteiger partial charge in [-0.3, -0.25) is 47.5 Å². The second-order valence-electron chi connectivity index (χ2n) is 13.8. The molecule has 4 heterocycles. The van der Waals surface area contributed by atoms with Crippen molar-refractivity contribution in [2.75, 3.05) is 0 Å². The highest BCUT2D eigenvalue weighted by molar-refractivity contribution is 5.99. The molecule has 3 aromatic carbocycles. The molecule has 0 N–H and O–H groups in total. The third-order valence-corrected chi connectivity index (χ3v) is 11.1. The Hall–Kier alpha value is -5.78. The van der Waals surface area contributed by atoms with E-state index in [-0.39, 0.29) is 66.5 Å². The molecule has 12 heteroatoms. The van der Waals surface area contributed by atoms with Gasteiger partial charge < -0.3 is 0 Å². The number of rotatable bonds is 4. The van der Waals surface area contributed by atoms with E-state index in [9.17, 15) is 38.4 Å². The zero-order valence-electron chi connectivity index (χ0n) is 26.9. The molecule has 250 valence electrons. The van der Waals surface area contributed by atoms with Crippen molar-refractivity contribution < 1.29 is 0 Å². The van der Waals surface area contributed by atoms with Crippen LogP contribution in [0.1, 0.15) is 76.3 Å². The number of aromatic nitrogens is 4. The van der Waals surface area contributed by atoms with E-state index in [4.69, 9.17) is 0 Å². The van der Waals surface area contributed by atoms with Gasteiger partial charge in [-0.1, -0.05) is 38.5 Å². The van der Waals surface area contributed by atoms with Gasteiger partial charge in [-0.05, 0) is 74.2 Å². The van der Waals surface area contributed by atoms with Crippen molar-refractivity contribution in [3.8, 4) is 11.4 Å². The lowest BCUT2D eigenvalue weighted by molar-refractivity contribution is 0.344. The summed E-state index contributed by atoms with van der Waals surface area (Å²) in [7, 11) is 0. The molecule has 0 atom stereocenters. The number of benzene rings is 3. The summed E-state index contributed by atoms with van der Waals surface area (Å²) in [6.07, 6.45) is 8.73. The number of hydrogen-bond donors (Lipinski definition) is 0. The van der Waals surface area contributed by atoms with Crippen LogP contribution in [-0.4, -0.2) is 18.3 Å². The Balaban J connectivity index is 1.12. The SMILES string of the molecule is O=c1c2cc3c(=O)n(C4CCCCC4)c(=O)c3cc2c(=O)n1-c1ccc(-n2c(=O)c3cc4c(=O)n(C5CCCCC5)c(=O)c4cc3c2=O)cc1. The van der Waals surface area contributed by atoms with Gasteiger partial charge in [0.15, 0.2) is 0 Å². The molecule has 50 heavy (non-hydrogen) atoms. The van der Waals surface area contributed by atoms with E-state index >= 15 is 0 Å². The first kappa shape index (κ1) is 30.3. The van der Waals surface area contributed by atoms with Crippen LogP contribution in [0.4, 0.5) is 0 Å². The lowest BCUT2D eigenvalue weighted by Crippen LogP contribution is -2.31. The first-order chi connectivity index (χ1) is 24.2. The Morgan fingerprint density at radius 2 is 0.580 bits per heavy atom. The summed E-state index contributed by atoms with van der Waals surface area (Å²) in [6, 6.07) is 10.6. The van der Waals surface area contributed by atoms with Crippen LogP contribution in [0.25, 0.3) is 54.5 Å². The predicted molar refractivity (Wildman–Crippen MR) is 190 cm³/mol. The van der Waals surface area contributed by atoms with Gasteiger partial charge in [0.2, 0.25) is 0 Å². The lowest BCUT2D eigenvalue weighted by Gasteiger charge is -2.21. The Bertz CT molecular complexity index is 2640. The minimum Gasteiger partial charge on any atom is -0.271 e. The van der Waals surface area contributed by atoms with Crippen LogP contribution < -0.4 is 44.5 Å². The van der Waals surface area contributed by atoms with Crippen molar-refractivity contribution in [3.05, 3.63) is 131 Å². The van der Waals surface area contributed by atoms with Crippen LogP contribution in [0.15, 0.2) is 86.9 Å². The van der Waals surface area contributed by atoms with Crippen LogP contribution in [0.3, 0.4) is 0 Å². The Morgan fingerprint density at radius 3 is 0.840 bits per heavy atom. The normalized spacial score (nSPS) is 16.5. The summed E-state index contributed by atoms with van der Waals surface area (Å²) in [6.45, 7) is 0. The molecule has 0 radical (unpaired) electrons. The van der Waals surface area contributed by atoms with E-state index in [0.717, 1.165) is 73.3 Å². The predicted octanol–water partition coefficient (Wildman–Crippen LogP) is 3.13. The second kappa shape index (κ2) is 10.9. The second-order valence-corrected chi connectivity index (χ2v) is 13.8. The molecule has 9 rings (SSSR count). The van der Waals surface area contributed by atoms with Gasteiger partial charge in [-0.25, -0.2) is 9.13 Å². The van der Waals surface area contributed by atoms with Crippen LogP contribution in [0.5, 0.6) is 0 Å². The molecular weight excluding hydrogens is 640 g/mol. The largest absolute Gasteiger partial charge is 0.271 e. The van der Waals surface area contributed by atoms with Crippen LogP contribution >= 0.6 is 0 Å². The standard InChI is InChI=1S/C38H30N4O8/c43-31-23-15-27-28(16-24(23)32(44)39(31)19-7-3-1-4-8-19)36(48)41(35(27)47)21-11-13-22(14-12-21)42-37(49)29-17-25-26(18-30(29)38(42)50)34(46)40(33(25)45)20-9-5-2-6-10-20/h11-20H,1-10H2. The highest BCUT2D eigenvalue weighted by atomic mass is 16.2. The van der Waals surface area contributed by atoms with E-state index in [1.54, 1.807) is 0 Å². The molecule has 2 aliphatic carbocycles. The van der Waals surface area contributed by atoms with Crippen molar-refractivity contribution in [1.82, 2.24) is 18.3 Å². The maximum Gasteiger partial charge on any atom is 0.266 e. The van der Waals surface area contributed by atoms with Crippen molar-refractivity contribution >= 4 is 43.1 Å². The van der Waals surface area contributed by atoms with Crippen molar-refractivity contribution in [2.24, 2.45) is 0 Å². The highest BCUT2D eigenvalue weighted by Crippen LogP contribution is 2.29. The molecule has 0 saturated heterocycles. The summed E-state index contributed by atoms with van der Waals surface area (Å²) < 4.78 is 4.41. The number of nitrogens with zero attached hydrogens (tertiary/aromatic N) is 4. The molecule has 2 saturated carbocycles. The topological polar surface area (TPSA) is 156 Å². The van der Waals surface area contributed by atoms with E-state index in [1.165, 1.54) is 57.7 Å². The van der Waals surface area contributed by atoms with E-state index in [1.807, 2.05) is 0 Å². The third-order valence-electron chi connectivity index (χ3n) is 11.1. The van der Waals surface area contributed by atoms with Gasteiger partial charge in [-0.2, -0.15) is 0 Å². The van der Waals surface area contributed by atoms with E-state index < -0.39 is 44.5 Å². The summed E-state index contributed by atoms with van der Waals surface area (Å²) >= 11 is 0. The molecule has 0 amide bonds. The first-order valence-electron chi connectivity index (χ1n) is 17.1. The number of hydrogen-bond acceptors (Lipinski definition) is 8. The molecule has 0 spiro atoms. The molecule has 12 nitrogen and oxygen atoms in total. The monoisotopic (exact) mass is 670 g/mol. The fourth-order valence-electron chi connectivity index (χ4n) is 8.55. The Kier molecular flexibility index (Phi) is 6.58. The zero-order chi connectivity index (χ0) is 34.6. The zero-order valence-corrected chi connectivity index (χ0v) is 26.9. The summed E-state index contributed by atoms with van der Waals surface area (Å²) in [5.41, 5.74) is -4.14. The van der Waals surface area contributed by atoms with Crippen LogP contribution in [0.2, 0.25) is 0 Å². The quantitative estimate of drug-likeness (QED) is 0.277. The van der Waals surface area contributed by atoms with Crippen LogP contribution in [0, 0.1) is 0 Å². The maximum atomic E-state index is 13.6. The van der Waals surface area contributed by atoms with Crippen molar-refractivity contribution in [1.29, 1.82) is 0 Å². The molecule has 4 aromatic heterocycles. The summed E-state index contributed by atoms with van der Waals surface area (Å²) in [5.74, 6) is 0. The van der Waals surface area contributed by atoms with Crippen LogP contribution in [-0.2, 0) is 0 Å². The Morgan fingerprint density at radius 1 is 0.340 bits per heavy atom. The summed E-state index contributed by atoms with van der Waals surface area (Å²) in [4.78, 5) is 108. The fourth-order valence-corrected chi connectivity index (χ4v) is 8.55. The fraction of sp³-hybridized carbons (Fsp3) is 0.316. The minimum atomic E-state index is -0.663. The number of fused-ring (bicyclic) bond motifs is 4. The molecule has 2 aliphatic rings. The third kappa shape index (κ3) is 4.10. The first-order valence-corrected chi connectivity index (χ1v) is 17.1. The average molecular weight is 671 g/mol. The molecule has 0 bridgehead atoms. The van der Waals surface area contributed by atoms with Crippen molar-refractivity contribution in [2.45, 2.75) is 76.3 Å². The molecular formula is C38H30N4O8. The van der Waals surface area contributed by atoms with E-state index in [0.29, 0.717) is 0 Å². The minimum absolute atomic E-state index is 0.0176. The van der Waals surface area contributed by atoms with E-state index in [2.05, 4.69) is 0 Å². The van der Waals surface area contributed by atoms with Crippen molar-refractivity contribution in [3.63, 3.8) is 0 Å². The molecule has 7 aromatic rings. The summed E-state index contributed by atoms with van der Waals surface area (Å²) in [5, 5.41) is 0.513. The molecule has 2 fully saturated rings. The van der Waals surface area contributed by atoms with Gasteiger partial charge >= 0.3 is 0 Å².